The van der Waals surface area contributed by atoms with Crippen molar-refractivity contribution < 1.29 is 9.50 Å². The lowest BCUT2D eigenvalue weighted by molar-refractivity contribution is 0.149. The summed E-state index contributed by atoms with van der Waals surface area (Å²) in [6, 6.07) is 10.5. The van der Waals surface area contributed by atoms with Crippen LogP contribution in [-0.4, -0.2) is 5.11 Å². The van der Waals surface area contributed by atoms with Crippen molar-refractivity contribution in [3.05, 3.63) is 47.8 Å². The van der Waals surface area contributed by atoms with E-state index in [0.29, 0.717) is 11.8 Å². The Morgan fingerprint density at radius 3 is 2.32 bits per heavy atom. The summed E-state index contributed by atoms with van der Waals surface area (Å²) in [5, 5.41) is 11.7. The lowest BCUT2D eigenvalue weighted by Gasteiger charge is -2.21. The third-order valence-electron chi connectivity index (χ3n) is 3.43. The van der Waals surface area contributed by atoms with Crippen molar-refractivity contribution in [1.29, 1.82) is 0 Å². The predicted molar refractivity (Wildman–Crippen MR) is 77.6 cm³/mol. The first-order valence-corrected chi connectivity index (χ1v) is 6.74. The van der Waals surface area contributed by atoms with E-state index in [1.165, 1.54) is 6.07 Å². The fourth-order valence-electron chi connectivity index (χ4n) is 2.30. The van der Waals surface area contributed by atoms with Crippen molar-refractivity contribution in [3.8, 4) is 0 Å². The molecule has 0 fully saturated rings. The quantitative estimate of drug-likeness (QED) is 0.837. The van der Waals surface area contributed by atoms with Crippen LogP contribution in [0.4, 0.5) is 4.39 Å². The van der Waals surface area contributed by atoms with Crippen molar-refractivity contribution in [3.63, 3.8) is 0 Å². The summed E-state index contributed by atoms with van der Waals surface area (Å²) in [5.41, 5.74) is 1.01. The number of aliphatic hydroxyl groups excluding tert-OH is 1. The fourth-order valence-corrected chi connectivity index (χ4v) is 2.30. The first kappa shape index (κ1) is 14.0. The average molecular weight is 260 g/mol. The number of fused-ring (bicyclic) bond motifs is 1. The van der Waals surface area contributed by atoms with Crippen LogP contribution >= 0.6 is 0 Å². The van der Waals surface area contributed by atoms with Gasteiger partial charge in [-0.25, -0.2) is 4.39 Å². The second-order valence-electron chi connectivity index (χ2n) is 6.30. The maximum absolute atomic E-state index is 13.7. The molecular formula is C17H21FO. The van der Waals surface area contributed by atoms with Crippen LogP contribution in [0.5, 0.6) is 0 Å². The highest BCUT2D eigenvalue weighted by Gasteiger charge is 2.17. The fraction of sp³-hybridized carbons (Fsp3) is 0.412. The SMILES string of the molecule is CC(C)(C)CCC(O)c1ccc(F)c2ccccc12. The van der Waals surface area contributed by atoms with Gasteiger partial charge in [-0.3, -0.25) is 0 Å². The van der Waals surface area contributed by atoms with Crippen molar-refractivity contribution in [2.45, 2.75) is 39.7 Å². The van der Waals surface area contributed by atoms with E-state index >= 15 is 0 Å². The number of aliphatic hydroxyl groups is 1. The molecule has 0 bridgehead atoms. The monoisotopic (exact) mass is 260 g/mol. The van der Waals surface area contributed by atoms with Gasteiger partial charge in [0.05, 0.1) is 6.10 Å². The molecule has 2 heteroatoms. The molecular weight excluding hydrogens is 239 g/mol. The number of rotatable bonds is 3. The highest BCUT2D eigenvalue weighted by Crippen LogP contribution is 2.31. The van der Waals surface area contributed by atoms with Gasteiger partial charge in [-0.05, 0) is 35.3 Å². The molecule has 0 saturated heterocycles. The van der Waals surface area contributed by atoms with Gasteiger partial charge in [-0.2, -0.15) is 0 Å². The molecule has 19 heavy (non-hydrogen) atoms. The van der Waals surface area contributed by atoms with Crippen LogP contribution in [0.1, 0.15) is 45.3 Å². The molecule has 0 aliphatic rings. The summed E-state index contributed by atoms with van der Waals surface area (Å²) >= 11 is 0. The van der Waals surface area contributed by atoms with Crippen LogP contribution < -0.4 is 0 Å². The summed E-state index contributed by atoms with van der Waals surface area (Å²) in [4.78, 5) is 0. The molecule has 2 aromatic carbocycles. The van der Waals surface area contributed by atoms with Gasteiger partial charge < -0.3 is 5.11 Å². The Hall–Kier alpha value is -1.41. The molecule has 1 N–H and O–H groups in total. The van der Waals surface area contributed by atoms with Gasteiger partial charge in [0.25, 0.3) is 0 Å². The van der Waals surface area contributed by atoms with Gasteiger partial charge in [0, 0.05) is 5.39 Å². The van der Waals surface area contributed by atoms with Gasteiger partial charge >= 0.3 is 0 Å². The van der Waals surface area contributed by atoms with E-state index < -0.39 is 6.10 Å². The molecule has 0 spiro atoms. The van der Waals surface area contributed by atoms with E-state index in [9.17, 15) is 9.50 Å². The summed E-state index contributed by atoms with van der Waals surface area (Å²) in [6.45, 7) is 6.47. The highest BCUT2D eigenvalue weighted by molar-refractivity contribution is 5.86. The van der Waals surface area contributed by atoms with Crippen molar-refractivity contribution in [2.24, 2.45) is 5.41 Å². The van der Waals surface area contributed by atoms with Crippen molar-refractivity contribution in [2.75, 3.05) is 0 Å². The van der Waals surface area contributed by atoms with Crippen LogP contribution in [0.2, 0.25) is 0 Å². The third kappa shape index (κ3) is 3.32. The standard InChI is InChI=1S/C17H21FO/c1-17(2,3)11-10-16(19)14-8-9-15(18)13-7-5-4-6-12(13)14/h4-9,16,19H,10-11H2,1-3H3. The highest BCUT2D eigenvalue weighted by atomic mass is 19.1. The topological polar surface area (TPSA) is 20.2 Å². The molecule has 1 unspecified atom stereocenters. The smallest absolute Gasteiger partial charge is 0.131 e. The molecule has 0 aliphatic carbocycles. The third-order valence-corrected chi connectivity index (χ3v) is 3.43. The Bertz CT molecular complexity index is 569. The summed E-state index contributed by atoms with van der Waals surface area (Å²) < 4.78 is 13.7. The van der Waals surface area contributed by atoms with Crippen LogP contribution in [0.15, 0.2) is 36.4 Å². The van der Waals surface area contributed by atoms with E-state index in [-0.39, 0.29) is 11.2 Å². The van der Waals surface area contributed by atoms with Gasteiger partial charge in [0.15, 0.2) is 0 Å². The van der Waals surface area contributed by atoms with Gasteiger partial charge in [-0.1, -0.05) is 51.1 Å². The molecule has 102 valence electrons. The summed E-state index contributed by atoms with van der Waals surface area (Å²) in [5.74, 6) is -0.234. The van der Waals surface area contributed by atoms with E-state index in [0.717, 1.165) is 17.4 Å². The normalized spacial score (nSPS) is 13.7. The van der Waals surface area contributed by atoms with Gasteiger partial charge in [0.1, 0.15) is 5.82 Å². The van der Waals surface area contributed by atoms with Crippen molar-refractivity contribution in [1.82, 2.24) is 0 Å². The largest absolute Gasteiger partial charge is 0.388 e. The predicted octanol–water partition coefficient (Wildman–Crippen LogP) is 4.84. The maximum atomic E-state index is 13.7. The lowest BCUT2D eigenvalue weighted by atomic mass is 9.87. The summed E-state index contributed by atoms with van der Waals surface area (Å²) in [7, 11) is 0. The Morgan fingerprint density at radius 1 is 1.05 bits per heavy atom. The average Bonchev–Trinajstić information content (AvgIpc) is 2.36. The van der Waals surface area contributed by atoms with Gasteiger partial charge in [0.2, 0.25) is 0 Å². The molecule has 0 aromatic heterocycles. The molecule has 0 amide bonds. The summed E-state index contributed by atoms with van der Waals surface area (Å²) in [6.07, 6.45) is 1.09. The van der Waals surface area contributed by atoms with Crippen LogP contribution in [-0.2, 0) is 0 Å². The molecule has 0 aliphatic heterocycles. The molecule has 0 saturated carbocycles. The van der Waals surface area contributed by atoms with E-state index in [2.05, 4.69) is 20.8 Å². The lowest BCUT2D eigenvalue weighted by Crippen LogP contribution is -2.08. The number of benzene rings is 2. The van der Waals surface area contributed by atoms with E-state index in [1.54, 1.807) is 12.1 Å². The van der Waals surface area contributed by atoms with E-state index in [4.69, 9.17) is 0 Å². The molecule has 0 heterocycles. The molecule has 2 aromatic rings. The minimum Gasteiger partial charge on any atom is -0.388 e. The minimum absolute atomic E-state index is 0.191. The zero-order valence-corrected chi connectivity index (χ0v) is 11.8. The minimum atomic E-state index is -0.537. The van der Waals surface area contributed by atoms with E-state index in [1.807, 2.05) is 18.2 Å². The maximum Gasteiger partial charge on any atom is 0.131 e. The van der Waals surface area contributed by atoms with Gasteiger partial charge in [-0.15, -0.1) is 0 Å². The number of hydrogen-bond acceptors (Lipinski definition) is 1. The van der Waals surface area contributed by atoms with Crippen LogP contribution in [0.25, 0.3) is 10.8 Å². The molecule has 2 rings (SSSR count). The van der Waals surface area contributed by atoms with Crippen LogP contribution in [0.3, 0.4) is 0 Å². The van der Waals surface area contributed by atoms with Crippen LogP contribution in [0, 0.1) is 11.2 Å². The second kappa shape index (κ2) is 5.30. The number of hydrogen-bond donors (Lipinski definition) is 1. The molecule has 1 nitrogen and oxygen atoms in total. The Kier molecular flexibility index (Phi) is 3.91. The second-order valence-corrected chi connectivity index (χ2v) is 6.30. The van der Waals surface area contributed by atoms with Crippen molar-refractivity contribution >= 4 is 10.8 Å². The Morgan fingerprint density at radius 2 is 1.68 bits per heavy atom. The number of halogens is 1. The Labute approximate surface area is 114 Å². The first-order chi connectivity index (χ1) is 8.88. The zero-order valence-electron chi connectivity index (χ0n) is 11.8. The molecule has 1 atom stereocenters. The first-order valence-electron chi connectivity index (χ1n) is 6.74. The molecule has 0 radical (unpaired) electrons. The zero-order chi connectivity index (χ0) is 14.0. The Balaban J connectivity index is 2.32.